The van der Waals surface area contributed by atoms with Gasteiger partial charge in [-0.1, -0.05) is 40.3 Å². The third-order valence-electron chi connectivity index (χ3n) is 2.36. The summed E-state index contributed by atoms with van der Waals surface area (Å²) in [6, 6.07) is 3.55. The Labute approximate surface area is 130 Å². The first kappa shape index (κ1) is 16.0. The smallest absolute Gasteiger partial charge is 0.274 e. The van der Waals surface area contributed by atoms with E-state index in [-0.39, 0.29) is 0 Å². The highest BCUT2D eigenvalue weighted by molar-refractivity contribution is 14.1. The molecule has 0 aliphatic carbocycles. The molecule has 19 heavy (non-hydrogen) atoms. The zero-order valence-electron chi connectivity index (χ0n) is 10.3. The van der Waals surface area contributed by atoms with Crippen molar-refractivity contribution in [2.75, 3.05) is 11.1 Å². The molecule has 0 fully saturated rings. The van der Waals surface area contributed by atoms with Gasteiger partial charge in [0, 0.05) is 19.3 Å². The van der Waals surface area contributed by atoms with Gasteiger partial charge in [0.2, 0.25) is 0 Å². The Morgan fingerprint density at radius 3 is 2.89 bits per heavy atom. The summed E-state index contributed by atoms with van der Waals surface area (Å²) < 4.78 is 0.590. The number of nitro groups is 1. The predicted octanol–water partition coefficient (Wildman–Crippen LogP) is 2.61. The lowest BCUT2D eigenvalue weighted by Gasteiger charge is -2.24. The molecule has 0 atom stereocenters. The van der Waals surface area contributed by atoms with Crippen molar-refractivity contribution in [3.05, 3.63) is 51.2 Å². The number of nitrogens with zero attached hydrogens (tertiary/aromatic N) is 3. The summed E-state index contributed by atoms with van der Waals surface area (Å²) >= 11 is 7.83. The van der Waals surface area contributed by atoms with Crippen molar-refractivity contribution in [2.45, 2.75) is 13.5 Å². The lowest BCUT2D eigenvalue weighted by atomic mass is 10.2. The van der Waals surface area contributed by atoms with Crippen LogP contribution >= 0.6 is 34.2 Å². The number of aromatic nitrogens is 1. The summed E-state index contributed by atoms with van der Waals surface area (Å²) in [6.45, 7) is 3.11. The highest BCUT2D eigenvalue weighted by Crippen LogP contribution is 2.11. The molecule has 1 rings (SSSR count). The van der Waals surface area contributed by atoms with Gasteiger partial charge >= 0.3 is 0 Å². The molecule has 0 saturated carbocycles. The van der Waals surface area contributed by atoms with Crippen molar-refractivity contribution < 1.29 is 4.92 Å². The minimum Gasteiger partial charge on any atom is -0.358 e. The van der Waals surface area contributed by atoms with E-state index in [9.17, 15) is 10.1 Å². The third-order valence-corrected chi connectivity index (χ3v) is 2.97. The number of alkyl halides is 1. The van der Waals surface area contributed by atoms with Crippen LogP contribution in [0.5, 0.6) is 0 Å². The maximum Gasteiger partial charge on any atom is 0.274 e. The minimum atomic E-state index is -0.461. The molecule has 0 unspecified atom stereocenters. The van der Waals surface area contributed by atoms with Crippen molar-refractivity contribution in [1.82, 2.24) is 15.2 Å². The van der Waals surface area contributed by atoms with Crippen molar-refractivity contribution >= 4 is 34.2 Å². The molecule has 1 aromatic rings. The second kappa shape index (κ2) is 8.16. The van der Waals surface area contributed by atoms with Gasteiger partial charge in [-0.05, 0) is 18.6 Å². The number of hydrogen-bond acceptors (Lipinski definition) is 5. The average molecular weight is 397 g/mol. The number of rotatable bonds is 7. The van der Waals surface area contributed by atoms with Gasteiger partial charge in [-0.3, -0.25) is 10.1 Å². The van der Waals surface area contributed by atoms with Crippen LogP contribution in [0.4, 0.5) is 0 Å². The van der Waals surface area contributed by atoms with Crippen LogP contribution in [0.1, 0.15) is 12.5 Å². The standard InChI is InChI=1S/C11H14ClIN4O2/c1-2-16(11(15-8-13)7-17(18)19)6-9-3-4-10(12)14-5-9/h3-5,7,15H,2,6,8H2,1H3. The van der Waals surface area contributed by atoms with E-state index in [1.165, 1.54) is 0 Å². The van der Waals surface area contributed by atoms with Crippen LogP contribution in [0, 0.1) is 10.1 Å². The molecule has 1 aromatic heterocycles. The maximum absolute atomic E-state index is 10.6. The lowest BCUT2D eigenvalue weighted by molar-refractivity contribution is -0.404. The molecular weight excluding hydrogens is 383 g/mol. The molecule has 104 valence electrons. The molecule has 8 heteroatoms. The molecule has 0 amide bonds. The van der Waals surface area contributed by atoms with Gasteiger partial charge in [0.15, 0.2) is 5.82 Å². The van der Waals surface area contributed by atoms with Gasteiger partial charge in [-0.15, -0.1) is 0 Å². The Kier molecular flexibility index (Phi) is 6.85. The van der Waals surface area contributed by atoms with E-state index < -0.39 is 4.92 Å². The molecule has 0 aliphatic rings. The van der Waals surface area contributed by atoms with Gasteiger partial charge < -0.3 is 10.2 Å². The zero-order chi connectivity index (χ0) is 14.3. The second-order valence-corrected chi connectivity index (χ2v) is 4.76. The number of halogens is 2. The van der Waals surface area contributed by atoms with Crippen molar-refractivity contribution in [3.8, 4) is 0 Å². The van der Waals surface area contributed by atoms with E-state index in [4.69, 9.17) is 11.6 Å². The highest BCUT2D eigenvalue weighted by Gasteiger charge is 2.12. The van der Waals surface area contributed by atoms with Crippen molar-refractivity contribution in [1.29, 1.82) is 0 Å². The fraction of sp³-hybridized carbons (Fsp3) is 0.364. The summed E-state index contributed by atoms with van der Waals surface area (Å²) in [4.78, 5) is 16.0. The third kappa shape index (κ3) is 5.60. The molecule has 0 aliphatic heterocycles. The number of nitrogens with one attached hydrogen (secondary N) is 1. The fourth-order valence-electron chi connectivity index (χ4n) is 1.50. The van der Waals surface area contributed by atoms with E-state index in [0.29, 0.717) is 28.6 Å². The average Bonchev–Trinajstić information content (AvgIpc) is 2.37. The molecule has 0 radical (unpaired) electrons. The van der Waals surface area contributed by atoms with Gasteiger partial charge in [-0.25, -0.2) is 4.98 Å². The SMILES string of the molecule is CCN(Cc1ccc(Cl)nc1)C(=C[N+](=O)[O-])NCI. The number of pyridine rings is 1. The molecule has 1 N–H and O–H groups in total. The van der Waals surface area contributed by atoms with Gasteiger partial charge in [0.25, 0.3) is 6.20 Å². The Morgan fingerprint density at radius 1 is 1.68 bits per heavy atom. The summed E-state index contributed by atoms with van der Waals surface area (Å²) in [6.07, 6.45) is 2.64. The molecule has 0 bridgehead atoms. The van der Waals surface area contributed by atoms with Crippen molar-refractivity contribution in [3.63, 3.8) is 0 Å². The molecule has 6 nitrogen and oxygen atoms in total. The first-order chi connectivity index (χ1) is 9.06. The first-order valence-electron chi connectivity index (χ1n) is 5.57. The summed E-state index contributed by atoms with van der Waals surface area (Å²) in [5, 5.41) is 14.0. The first-order valence-corrected chi connectivity index (χ1v) is 7.47. The molecule has 0 aromatic carbocycles. The van der Waals surface area contributed by atoms with E-state index in [2.05, 4.69) is 32.9 Å². The van der Waals surface area contributed by atoms with Gasteiger partial charge in [0.05, 0.1) is 9.47 Å². The van der Waals surface area contributed by atoms with Crippen LogP contribution in [-0.2, 0) is 6.54 Å². The van der Waals surface area contributed by atoms with Gasteiger partial charge in [0.1, 0.15) is 5.15 Å². The van der Waals surface area contributed by atoms with Crippen LogP contribution in [0.3, 0.4) is 0 Å². The Morgan fingerprint density at radius 2 is 2.42 bits per heavy atom. The van der Waals surface area contributed by atoms with E-state index >= 15 is 0 Å². The molecule has 1 heterocycles. The van der Waals surface area contributed by atoms with E-state index in [1.54, 1.807) is 12.3 Å². The predicted molar refractivity (Wildman–Crippen MR) is 82.4 cm³/mol. The molecular formula is C11H14ClIN4O2. The summed E-state index contributed by atoms with van der Waals surface area (Å²) in [7, 11) is 0. The monoisotopic (exact) mass is 396 g/mol. The van der Waals surface area contributed by atoms with Crippen LogP contribution in [0.25, 0.3) is 0 Å². The Hall–Kier alpha value is -1.09. The summed E-state index contributed by atoms with van der Waals surface area (Å²) in [5.41, 5.74) is 0.941. The molecule has 0 spiro atoms. The summed E-state index contributed by atoms with van der Waals surface area (Å²) in [5.74, 6) is 0.483. The topological polar surface area (TPSA) is 71.3 Å². The van der Waals surface area contributed by atoms with Crippen molar-refractivity contribution in [2.24, 2.45) is 0 Å². The Bertz CT molecular complexity index is 453. The minimum absolute atomic E-state index is 0.429. The van der Waals surface area contributed by atoms with Crippen LogP contribution in [0.2, 0.25) is 5.15 Å². The highest BCUT2D eigenvalue weighted by atomic mass is 127. The van der Waals surface area contributed by atoms with Gasteiger partial charge in [-0.2, -0.15) is 0 Å². The number of hydrogen-bond donors (Lipinski definition) is 1. The van der Waals surface area contributed by atoms with E-state index in [1.807, 2.05) is 17.9 Å². The zero-order valence-corrected chi connectivity index (χ0v) is 13.3. The Balaban J connectivity index is 2.85. The van der Waals surface area contributed by atoms with Crippen LogP contribution < -0.4 is 5.32 Å². The lowest BCUT2D eigenvalue weighted by Crippen LogP contribution is -2.31. The second-order valence-electron chi connectivity index (χ2n) is 3.61. The normalized spacial score (nSPS) is 11.2. The fourth-order valence-corrected chi connectivity index (χ4v) is 2.00. The molecule has 0 saturated heterocycles. The maximum atomic E-state index is 10.6. The largest absolute Gasteiger partial charge is 0.358 e. The van der Waals surface area contributed by atoms with E-state index in [0.717, 1.165) is 11.8 Å². The van der Waals surface area contributed by atoms with Crippen LogP contribution in [-0.4, -0.2) is 25.9 Å². The van der Waals surface area contributed by atoms with Crippen LogP contribution in [0.15, 0.2) is 30.4 Å². The quantitative estimate of drug-likeness (QED) is 0.192.